The average molecular weight is 346 g/mol. The van der Waals surface area contributed by atoms with Crippen molar-refractivity contribution in [2.75, 3.05) is 19.3 Å². The Balaban J connectivity index is 1.76. The van der Waals surface area contributed by atoms with E-state index in [2.05, 4.69) is 36.5 Å². The topological polar surface area (TPSA) is 32.3 Å². The van der Waals surface area contributed by atoms with Crippen LogP contribution < -0.4 is 5.32 Å². The van der Waals surface area contributed by atoms with E-state index in [9.17, 15) is 9.18 Å². The van der Waals surface area contributed by atoms with Crippen molar-refractivity contribution in [1.82, 2.24) is 10.2 Å². The number of hydrogen-bond acceptors (Lipinski definition) is 2. The Kier molecular flexibility index (Phi) is 6.67. The smallest absolute Gasteiger partial charge is 0.317 e. The lowest BCUT2D eigenvalue weighted by Gasteiger charge is -2.25. The molecule has 24 heavy (non-hydrogen) atoms. The number of halogens is 1. The molecule has 0 aliphatic carbocycles. The highest BCUT2D eigenvalue weighted by molar-refractivity contribution is 7.99. The van der Waals surface area contributed by atoms with Crippen molar-refractivity contribution in [2.24, 2.45) is 0 Å². The zero-order chi connectivity index (χ0) is 17.5. The molecule has 0 bridgehead atoms. The molecule has 0 saturated heterocycles. The predicted molar refractivity (Wildman–Crippen MR) is 97.9 cm³/mol. The van der Waals surface area contributed by atoms with Gasteiger partial charge in [0, 0.05) is 24.2 Å². The molecule has 0 radical (unpaired) electrons. The molecule has 5 heteroatoms. The van der Waals surface area contributed by atoms with E-state index in [4.69, 9.17) is 0 Å². The van der Waals surface area contributed by atoms with Gasteiger partial charge in [-0.1, -0.05) is 29.8 Å². The van der Waals surface area contributed by atoms with E-state index in [1.54, 1.807) is 35.8 Å². The summed E-state index contributed by atoms with van der Waals surface area (Å²) in [7, 11) is 1.75. The number of amides is 2. The number of carbonyl (C=O) groups is 1. The largest absolute Gasteiger partial charge is 0.337 e. The highest BCUT2D eigenvalue weighted by atomic mass is 32.2. The van der Waals surface area contributed by atoms with Crippen molar-refractivity contribution >= 4 is 17.8 Å². The Morgan fingerprint density at radius 1 is 1.17 bits per heavy atom. The Hall–Kier alpha value is -2.01. The van der Waals surface area contributed by atoms with Crippen molar-refractivity contribution in [3.63, 3.8) is 0 Å². The first kappa shape index (κ1) is 18.3. The third kappa shape index (κ3) is 5.27. The van der Waals surface area contributed by atoms with Gasteiger partial charge >= 0.3 is 6.03 Å². The Morgan fingerprint density at radius 2 is 1.79 bits per heavy atom. The van der Waals surface area contributed by atoms with E-state index in [1.807, 2.05) is 6.92 Å². The summed E-state index contributed by atoms with van der Waals surface area (Å²) in [5.41, 5.74) is 2.15. The molecule has 0 saturated carbocycles. The summed E-state index contributed by atoms with van der Waals surface area (Å²) in [5.74, 6) is 0.541. The van der Waals surface area contributed by atoms with Crippen LogP contribution in [0.1, 0.15) is 24.1 Å². The van der Waals surface area contributed by atoms with Crippen LogP contribution in [0.4, 0.5) is 9.18 Å². The summed E-state index contributed by atoms with van der Waals surface area (Å²) in [6.45, 7) is 4.58. The number of thioether (sulfide) groups is 1. The van der Waals surface area contributed by atoms with Gasteiger partial charge in [-0.3, -0.25) is 0 Å². The summed E-state index contributed by atoms with van der Waals surface area (Å²) in [6, 6.07) is 14.3. The molecule has 1 unspecified atom stereocenters. The molecule has 0 aliphatic heterocycles. The normalized spacial score (nSPS) is 11.8. The molecular weight excluding hydrogens is 323 g/mol. The van der Waals surface area contributed by atoms with Crippen LogP contribution in [-0.2, 0) is 0 Å². The number of aryl methyl sites for hydroxylation is 1. The Labute approximate surface area is 147 Å². The maximum Gasteiger partial charge on any atom is 0.317 e. The minimum Gasteiger partial charge on any atom is -0.337 e. The van der Waals surface area contributed by atoms with Crippen LogP contribution in [0.3, 0.4) is 0 Å². The van der Waals surface area contributed by atoms with Crippen molar-refractivity contribution in [3.05, 3.63) is 65.5 Å². The molecular formula is C19H23FN2OS. The fourth-order valence-electron chi connectivity index (χ4n) is 2.23. The number of hydrogen-bond donors (Lipinski definition) is 1. The standard InChI is InChI=1S/C19H23FN2OS/c1-14-4-10-18(11-5-14)24-13-12-21-19(23)22(3)15(2)16-6-8-17(20)9-7-16/h4-11,15H,12-13H2,1-3H3,(H,21,23). The SMILES string of the molecule is Cc1ccc(SCCNC(=O)N(C)C(C)c2ccc(F)cc2)cc1. The van der Waals surface area contributed by atoms with Crippen LogP contribution in [0.5, 0.6) is 0 Å². The van der Waals surface area contributed by atoms with Gasteiger partial charge in [0.2, 0.25) is 0 Å². The monoisotopic (exact) mass is 346 g/mol. The minimum absolute atomic E-state index is 0.115. The van der Waals surface area contributed by atoms with E-state index >= 15 is 0 Å². The summed E-state index contributed by atoms with van der Waals surface area (Å²) in [5, 5.41) is 2.92. The molecule has 2 amide bonds. The minimum atomic E-state index is -0.272. The highest BCUT2D eigenvalue weighted by Crippen LogP contribution is 2.19. The van der Waals surface area contributed by atoms with Gasteiger partial charge < -0.3 is 10.2 Å². The first-order valence-electron chi connectivity index (χ1n) is 7.93. The number of nitrogens with one attached hydrogen (secondary N) is 1. The van der Waals surface area contributed by atoms with E-state index < -0.39 is 0 Å². The van der Waals surface area contributed by atoms with Gasteiger partial charge in [0.05, 0.1) is 6.04 Å². The van der Waals surface area contributed by atoms with Crippen LogP contribution in [0.25, 0.3) is 0 Å². The van der Waals surface area contributed by atoms with E-state index in [1.165, 1.54) is 22.6 Å². The fraction of sp³-hybridized carbons (Fsp3) is 0.316. The van der Waals surface area contributed by atoms with Crippen LogP contribution in [0.15, 0.2) is 53.4 Å². The second-order valence-electron chi connectivity index (χ2n) is 5.73. The lowest BCUT2D eigenvalue weighted by Crippen LogP contribution is -2.39. The summed E-state index contributed by atoms with van der Waals surface area (Å²) < 4.78 is 13.0. The number of nitrogens with zero attached hydrogens (tertiary/aromatic N) is 1. The van der Waals surface area contributed by atoms with Crippen molar-refractivity contribution in [2.45, 2.75) is 24.8 Å². The molecule has 1 N–H and O–H groups in total. The maximum absolute atomic E-state index is 13.0. The molecule has 128 valence electrons. The van der Waals surface area contributed by atoms with Crippen molar-refractivity contribution in [1.29, 1.82) is 0 Å². The number of urea groups is 1. The van der Waals surface area contributed by atoms with E-state index in [0.29, 0.717) is 6.54 Å². The first-order chi connectivity index (χ1) is 11.5. The predicted octanol–water partition coefficient (Wildman–Crippen LogP) is 4.63. The van der Waals surface area contributed by atoms with E-state index in [-0.39, 0.29) is 17.9 Å². The van der Waals surface area contributed by atoms with Crippen molar-refractivity contribution in [3.8, 4) is 0 Å². The van der Waals surface area contributed by atoms with Crippen LogP contribution in [0.2, 0.25) is 0 Å². The molecule has 2 aromatic rings. The molecule has 0 heterocycles. The molecule has 0 aliphatic rings. The van der Waals surface area contributed by atoms with Gasteiger partial charge in [-0.2, -0.15) is 0 Å². The molecule has 0 aromatic heterocycles. The second-order valence-corrected chi connectivity index (χ2v) is 6.90. The van der Waals surface area contributed by atoms with Gasteiger partial charge in [-0.15, -0.1) is 11.8 Å². The molecule has 0 spiro atoms. The molecule has 3 nitrogen and oxygen atoms in total. The summed E-state index contributed by atoms with van der Waals surface area (Å²) in [6.07, 6.45) is 0. The van der Waals surface area contributed by atoms with Crippen LogP contribution in [-0.4, -0.2) is 30.3 Å². The van der Waals surface area contributed by atoms with Crippen LogP contribution >= 0.6 is 11.8 Å². The maximum atomic E-state index is 13.0. The number of benzene rings is 2. The van der Waals surface area contributed by atoms with Crippen molar-refractivity contribution < 1.29 is 9.18 Å². The zero-order valence-corrected chi connectivity index (χ0v) is 15.1. The fourth-order valence-corrected chi connectivity index (χ4v) is 3.00. The number of rotatable bonds is 6. The molecule has 2 rings (SSSR count). The van der Waals surface area contributed by atoms with E-state index in [0.717, 1.165) is 11.3 Å². The third-order valence-electron chi connectivity index (χ3n) is 3.92. The molecule has 1 atom stereocenters. The van der Waals surface area contributed by atoms with Crippen LogP contribution in [0, 0.1) is 12.7 Å². The summed E-state index contributed by atoms with van der Waals surface area (Å²) >= 11 is 1.71. The second kappa shape index (κ2) is 8.73. The molecule has 2 aromatic carbocycles. The molecule has 0 fully saturated rings. The van der Waals surface area contributed by atoms with Gasteiger partial charge in [0.15, 0.2) is 0 Å². The number of carbonyl (C=O) groups excluding carboxylic acids is 1. The Morgan fingerprint density at radius 3 is 2.42 bits per heavy atom. The Bertz CT molecular complexity index is 658. The summed E-state index contributed by atoms with van der Waals surface area (Å²) in [4.78, 5) is 15.0. The lowest BCUT2D eigenvalue weighted by atomic mass is 10.1. The lowest BCUT2D eigenvalue weighted by molar-refractivity contribution is 0.195. The first-order valence-corrected chi connectivity index (χ1v) is 8.91. The highest BCUT2D eigenvalue weighted by Gasteiger charge is 2.16. The van der Waals surface area contributed by atoms with Gasteiger partial charge in [-0.05, 0) is 43.7 Å². The third-order valence-corrected chi connectivity index (χ3v) is 4.94. The van der Waals surface area contributed by atoms with Gasteiger partial charge in [0.1, 0.15) is 5.82 Å². The van der Waals surface area contributed by atoms with Gasteiger partial charge in [0.25, 0.3) is 0 Å². The quantitative estimate of drug-likeness (QED) is 0.611. The average Bonchev–Trinajstić information content (AvgIpc) is 2.59. The van der Waals surface area contributed by atoms with Gasteiger partial charge in [-0.25, -0.2) is 9.18 Å². The zero-order valence-electron chi connectivity index (χ0n) is 14.3.